The Balaban J connectivity index is 2.24. The molecule has 21 heavy (non-hydrogen) atoms. The Kier molecular flexibility index (Phi) is 3.44. The van der Waals surface area contributed by atoms with Crippen LogP contribution in [-0.4, -0.2) is 9.66 Å². The molecule has 3 aromatic rings. The molecule has 0 fully saturated rings. The molecule has 1 unspecified atom stereocenters. The number of hydrogen-bond acceptors (Lipinski definition) is 3. The molecule has 106 valence electrons. The van der Waals surface area contributed by atoms with Crippen LogP contribution in [0.15, 0.2) is 59.5 Å². The highest BCUT2D eigenvalue weighted by Crippen LogP contribution is 2.25. The molecule has 4 heteroatoms. The Morgan fingerprint density at radius 2 is 1.95 bits per heavy atom. The molecule has 0 spiro atoms. The van der Waals surface area contributed by atoms with Gasteiger partial charge in [-0.2, -0.15) is 0 Å². The largest absolute Gasteiger partial charge is 0.336 e. The highest BCUT2D eigenvalue weighted by atomic mass is 16.1. The molecule has 0 bridgehead atoms. The molecule has 4 nitrogen and oxygen atoms in total. The van der Waals surface area contributed by atoms with Crippen LogP contribution in [0.2, 0.25) is 0 Å². The van der Waals surface area contributed by atoms with Crippen LogP contribution in [0.5, 0.6) is 0 Å². The van der Waals surface area contributed by atoms with E-state index in [9.17, 15) is 4.79 Å². The molecule has 0 aliphatic rings. The van der Waals surface area contributed by atoms with E-state index in [1.54, 1.807) is 6.20 Å². The number of nitrogens with two attached hydrogens (primary N) is 1. The number of rotatable bonds is 3. The summed E-state index contributed by atoms with van der Waals surface area (Å²) in [6.45, 7) is 2.05. The number of nitrogens with zero attached hydrogens (tertiary/aromatic N) is 2. The summed E-state index contributed by atoms with van der Waals surface area (Å²) in [5.41, 5.74) is 2.16. The smallest absolute Gasteiger partial charge is 0.273 e. The highest BCUT2D eigenvalue weighted by molar-refractivity contribution is 5.79. The molecule has 0 aliphatic carbocycles. The summed E-state index contributed by atoms with van der Waals surface area (Å²) in [6.07, 6.45) is 2.55. The van der Waals surface area contributed by atoms with Crippen LogP contribution in [0.25, 0.3) is 10.9 Å². The fourth-order valence-corrected chi connectivity index (χ4v) is 2.73. The van der Waals surface area contributed by atoms with Crippen LogP contribution < -0.4 is 11.4 Å². The standard InChI is InChI=1S/C17H17N3O/c1-2-13(15-8-5-6-10-19-15)14-11-12-7-3-4-9-16(12)20(18)17(14)21/h3-11,13H,2,18H2,1H3. The second kappa shape index (κ2) is 5.40. The van der Waals surface area contributed by atoms with Gasteiger partial charge in [-0.3, -0.25) is 9.78 Å². The van der Waals surface area contributed by atoms with Gasteiger partial charge in [0.25, 0.3) is 5.56 Å². The number of nitrogen functional groups attached to an aromatic ring is 1. The van der Waals surface area contributed by atoms with E-state index in [1.807, 2.05) is 48.5 Å². The normalized spacial score (nSPS) is 12.4. The molecule has 0 radical (unpaired) electrons. The van der Waals surface area contributed by atoms with Crippen molar-refractivity contribution >= 4 is 10.9 Å². The van der Waals surface area contributed by atoms with Gasteiger partial charge in [0.15, 0.2) is 0 Å². The second-order valence-corrected chi connectivity index (χ2v) is 5.05. The fourth-order valence-electron chi connectivity index (χ4n) is 2.73. The number of hydrogen-bond donors (Lipinski definition) is 1. The van der Waals surface area contributed by atoms with Gasteiger partial charge in [-0.1, -0.05) is 31.2 Å². The van der Waals surface area contributed by atoms with Gasteiger partial charge in [0, 0.05) is 28.8 Å². The van der Waals surface area contributed by atoms with E-state index in [4.69, 9.17) is 5.84 Å². The first-order chi connectivity index (χ1) is 10.2. The van der Waals surface area contributed by atoms with Crippen LogP contribution in [0.4, 0.5) is 0 Å². The van der Waals surface area contributed by atoms with Crippen molar-refractivity contribution < 1.29 is 0 Å². The summed E-state index contributed by atoms with van der Waals surface area (Å²) >= 11 is 0. The van der Waals surface area contributed by atoms with Gasteiger partial charge in [0.1, 0.15) is 0 Å². The minimum absolute atomic E-state index is 0.0434. The zero-order valence-electron chi connectivity index (χ0n) is 11.9. The van der Waals surface area contributed by atoms with E-state index < -0.39 is 0 Å². The van der Waals surface area contributed by atoms with Crippen LogP contribution >= 0.6 is 0 Å². The maximum absolute atomic E-state index is 12.6. The van der Waals surface area contributed by atoms with E-state index in [1.165, 1.54) is 4.68 Å². The molecule has 0 saturated heterocycles. The zero-order chi connectivity index (χ0) is 14.8. The number of para-hydroxylation sites is 1. The number of fused-ring (bicyclic) bond motifs is 1. The first kappa shape index (κ1) is 13.4. The van der Waals surface area contributed by atoms with Crippen molar-refractivity contribution in [1.82, 2.24) is 9.66 Å². The summed E-state index contributed by atoms with van der Waals surface area (Å²) in [5.74, 6) is 5.93. The van der Waals surface area contributed by atoms with E-state index in [2.05, 4.69) is 11.9 Å². The van der Waals surface area contributed by atoms with Gasteiger partial charge in [0.2, 0.25) is 0 Å². The number of benzene rings is 1. The Bertz CT molecular complexity index is 824. The second-order valence-electron chi connectivity index (χ2n) is 5.05. The third kappa shape index (κ3) is 2.29. The molecule has 2 heterocycles. The summed E-state index contributed by atoms with van der Waals surface area (Å²) in [7, 11) is 0. The van der Waals surface area contributed by atoms with Gasteiger partial charge in [-0.05, 0) is 30.7 Å². The van der Waals surface area contributed by atoms with Crippen molar-refractivity contribution in [2.45, 2.75) is 19.3 Å². The number of pyridine rings is 2. The summed E-state index contributed by atoms with van der Waals surface area (Å²) in [5, 5.41) is 0.962. The predicted molar refractivity (Wildman–Crippen MR) is 84.7 cm³/mol. The molecule has 3 rings (SSSR count). The molecule has 0 aliphatic heterocycles. The monoisotopic (exact) mass is 279 g/mol. The van der Waals surface area contributed by atoms with E-state index in [0.717, 1.165) is 23.0 Å². The van der Waals surface area contributed by atoms with E-state index in [-0.39, 0.29) is 11.5 Å². The SMILES string of the molecule is CCC(c1ccccn1)c1cc2ccccc2n(N)c1=O. The lowest BCUT2D eigenvalue weighted by Crippen LogP contribution is -2.31. The lowest BCUT2D eigenvalue weighted by Gasteiger charge is -2.16. The summed E-state index contributed by atoms with van der Waals surface area (Å²) < 4.78 is 1.23. The Labute approximate surface area is 122 Å². The third-order valence-electron chi connectivity index (χ3n) is 3.80. The molecular formula is C17H17N3O. The van der Waals surface area contributed by atoms with Crippen LogP contribution in [-0.2, 0) is 0 Å². The summed E-state index contributed by atoms with van der Waals surface area (Å²) in [6, 6.07) is 15.3. The van der Waals surface area contributed by atoms with Crippen molar-refractivity contribution in [1.29, 1.82) is 0 Å². The lowest BCUT2D eigenvalue weighted by molar-refractivity contribution is 0.731. The average Bonchev–Trinajstić information content (AvgIpc) is 2.54. The van der Waals surface area contributed by atoms with Crippen LogP contribution in [0.1, 0.15) is 30.5 Å². The van der Waals surface area contributed by atoms with Crippen molar-refractivity contribution in [2.24, 2.45) is 0 Å². The maximum Gasteiger partial charge on any atom is 0.273 e. The van der Waals surface area contributed by atoms with E-state index >= 15 is 0 Å². The Morgan fingerprint density at radius 1 is 1.19 bits per heavy atom. The number of aromatic nitrogens is 2. The molecule has 0 amide bonds. The predicted octanol–water partition coefficient (Wildman–Crippen LogP) is 2.65. The van der Waals surface area contributed by atoms with Crippen molar-refractivity contribution in [2.75, 3.05) is 5.84 Å². The zero-order valence-corrected chi connectivity index (χ0v) is 11.9. The molecule has 2 aromatic heterocycles. The maximum atomic E-state index is 12.6. The minimum atomic E-state index is -0.161. The van der Waals surface area contributed by atoms with Crippen molar-refractivity contribution in [3.05, 3.63) is 76.3 Å². The quantitative estimate of drug-likeness (QED) is 0.750. The third-order valence-corrected chi connectivity index (χ3v) is 3.80. The topological polar surface area (TPSA) is 60.9 Å². The first-order valence-electron chi connectivity index (χ1n) is 7.03. The first-order valence-corrected chi connectivity index (χ1v) is 7.03. The Hall–Kier alpha value is -2.62. The fraction of sp³-hybridized carbons (Fsp3) is 0.176. The van der Waals surface area contributed by atoms with Crippen LogP contribution in [0.3, 0.4) is 0 Å². The molecule has 1 atom stereocenters. The summed E-state index contributed by atoms with van der Waals surface area (Å²) in [4.78, 5) is 17.0. The molecule has 2 N–H and O–H groups in total. The van der Waals surface area contributed by atoms with Crippen molar-refractivity contribution in [3.8, 4) is 0 Å². The molecular weight excluding hydrogens is 262 g/mol. The van der Waals surface area contributed by atoms with Gasteiger partial charge in [0.05, 0.1) is 5.52 Å². The molecule has 1 aromatic carbocycles. The molecule has 0 saturated carbocycles. The Morgan fingerprint density at radius 3 is 2.67 bits per heavy atom. The highest BCUT2D eigenvalue weighted by Gasteiger charge is 2.19. The van der Waals surface area contributed by atoms with E-state index in [0.29, 0.717) is 5.56 Å². The van der Waals surface area contributed by atoms with Gasteiger partial charge in [-0.25, -0.2) is 4.68 Å². The van der Waals surface area contributed by atoms with Gasteiger partial charge in [-0.15, -0.1) is 0 Å². The minimum Gasteiger partial charge on any atom is -0.336 e. The van der Waals surface area contributed by atoms with Gasteiger partial charge < -0.3 is 5.84 Å². The van der Waals surface area contributed by atoms with Crippen molar-refractivity contribution in [3.63, 3.8) is 0 Å². The average molecular weight is 279 g/mol. The van der Waals surface area contributed by atoms with Gasteiger partial charge >= 0.3 is 0 Å². The lowest BCUT2D eigenvalue weighted by atomic mass is 9.92. The van der Waals surface area contributed by atoms with Crippen LogP contribution in [0, 0.1) is 0 Å².